The highest BCUT2D eigenvalue weighted by molar-refractivity contribution is 5.72. The minimum absolute atomic E-state index is 0.117. The van der Waals surface area contributed by atoms with E-state index in [0.29, 0.717) is 24.3 Å². The lowest BCUT2D eigenvalue weighted by Crippen LogP contribution is -2.26. The molecule has 4 rings (SSSR count). The molecular formula is C26H24F4N2O2. The molecule has 0 fully saturated rings. The van der Waals surface area contributed by atoms with E-state index in [4.69, 9.17) is 5.11 Å². The van der Waals surface area contributed by atoms with E-state index in [9.17, 15) is 22.4 Å². The number of aryl methyl sites for hydroxylation is 2. The fourth-order valence-corrected chi connectivity index (χ4v) is 4.36. The third-order valence-electron chi connectivity index (χ3n) is 6.15. The highest BCUT2D eigenvalue weighted by Crippen LogP contribution is 2.38. The largest absolute Gasteiger partial charge is 0.481 e. The Bertz CT molecular complexity index is 1220. The smallest absolute Gasteiger partial charge is 0.303 e. The van der Waals surface area contributed by atoms with E-state index in [1.54, 1.807) is 17.0 Å². The second-order valence-corrected chi connectivity index (χ2v) is 8.39. The van der Waals surface area contributed by atoms with Gasteiger partial charge in [0.25, 0.3) is 0 Å². The van der Waals surface area contributed by atoms with Gasteiger partial charge in [-0.1, -0.05) is 18.2 Å². The van der Waals surface area contributed by atoms with E-state index < -0.39 is 29.2 Å². The SMILES string of the molecule is Cc1c(CNc2ccc(CCC(=O)O)c(F)c2)ccc2c1N(c1cc(F)c(F)c(F)c1)CCC2. The average Bonchev–Trinajstić information content (AvgIpc) is 2.80. The summed E-state index contributed by atoms with van der Waals surface area (Å²) in [5, 5.41) is 12.0. The van der Waals surface area contributed by atoms with Gasteiger partial charge in [0.05, 0.1) is 0 Å². The van der Waals surface area contributed by atoms with E-state index in [1.165, 1.54) is 6.07 Å². The van der Waals surface area contributed by atoms with Crippen LogP contribution in [0.25, 0.3) is 0 Å². The molecule has 8 heteroatoms. The van der Waals surface area contributed by atoms with Gasteiger partial charge in [-0.05, 0) is 60.6 Å². The quantitative estimate of drug-likeness (QED) is 0.315. The molecular weight excluding hydrogens is 448 g/mol. The lowest BCUT2D eigenvalue weighted by atomic mass is 9.94. The molecule has 3 aromatic carbocycles. The van der Waals surface area contributed by atoms with Crippen LogP contribution in [0.15, 0.2) is 42.5 Å². The lowest BCUT2D eigenvalue weighted by molar-refractivity contribution is -0.136. The minimum atomic E-state index is -1.49. The van der Waals surface area contributed by atoms with E-state index in [1.807, 2.05) is 19.1 Å². The Morgan fingerprint density at radius 2 is 1.71 bits per heavy atom. The van der Waals surface area contributed by atoms with Gasteiger partial charge in [-0.25, -0.2) is 17.6 Å². The van der Waals surface area contributed by atoms with Gasteiger partial charge >= 0.3 is 5.97 Å². The fourth-order valence-electron chi connectivity index (χ4n) is 4.36. The van der Waals surface area contributed by atoms with Gasteiger partial charge in [-0.3, -0.25) is 4.79 Å². The van der Waals surface area contributed by atoms with Crippen LogP contribution in [-0.4, -0.2) is 17.6 Å². The van der Waals surface area contributed by atoms with Crippen LogP contribution in [0.3, 0.4) is 0 Å². The van der Waals surface area contributed by atoms with Crippen molar-refractivity contribution in [2.24, 2.45) is 0 Å². The predicted octanol–water partition coefficient (Wildman–Crippen LogP) is 6.27. The van der Waals surface area contributed by atoms with Crippen molar-refractivity contribution in [2.45, 2.75) is 39.2 Å². The number of carboxylic acid groups (broad SMARTS) is 1. The number of fused-ring (bicyclic) bond motifs is 1. The second kappa shape index (κ2) is 9.75. The summed E-state index contributed by atoms with van der Waals surface area (Å²) in [7, 11) is 0. The number of carboxylic acids is 1. The number of nitrogens with one attached hydrogen (secondary N) is 1. The van der Waals surface area contributed by atoms with E-state index >= 15 is 0 Å². The molecule has 0 spiro atoms. The molecule has 0 aliphatic carbocycles. The van der Waals surface area contributed by atoms with Crippen LogP contribution in [0.5, 0.6) is 0 Å². The maximum atomic E-state index is 14.3. The van der Waals surface area contributed by atoms with Crippen LogP contribution < -0.4 is 10.2 Å². The van der Waals surface area contributed by atoms with Crippen molar-refractivity contribution in [3.63, 3.8) is 0 Å². The molecule has 0 unspecified atom stereocenters. The van der Waals surface area contributed by atoms with Crippen LogP contribution in [0, 0.1) is 30.2 Å². The van der Waals surface area contributed by atoms with Gasteiger partial charge in [0, 0.05) is 48.7 Å². The first kappa shape index (κ1) is 23.6. The maximum absolute atomic E-state index is 14.3. The molecule has 1 aliphatic heterocycles. The number of hydrogen-bond acceptors (Lipinski definition) is 3. The average molecular weight is 472 g/mol. The van der Waals surface area contributed by atoms with E-state index in [2.05, 4.69) is 5.32 Å². The second-order valence-electron chi connectivity index (χ2n) is 8.39. The molecule has 2 N–H and O–H groups in total. The number of benzene rings is 3. The summed E-state index contributed by atoms with van der Waals surface area (Å²) in [5.74, 6) is -5.40. The molecule has 0 radical (unpaired) electrons. The summed E-state index contributed by atoms with van der Waals surface area (Å²) < 4.78 is 55.6. The minimum Gasteiger partial charge on any atom is -0.481 e. The van der Waals surface area contributed by atoms with Crippen molar-refractivity contribution in [3.05, 3.63) is 88.0 Å². The Morgan fingerprint density at radius 3 is 2.38 bits per heavy atom. The summed E-state index contributed by atoms with van der Waals surface area (Å²) in [6.45, 7) is 2.84. The molecule has 1 aliphatic rings. The molecule has 0 amide bonds. The number of aliphatic carboxylic acids is 1. The molecule has 0 bridgehead atoms. The zero-order valence-electron chi connectivity index (χ0n) is 18.6. The Hall–Kier alpha value is -3.55. The molecule has 0 saturated carbocycles. The Labute approximate surface area is 194 Å². The molecule has 0 aromatic heterocycles. The zero-order valence-corrected chi connectivity index (χ0v) is 18.6. The van der Waals surface area contributed by atoms with Crippen LogP contribution in [-0.2, 0) is 24.2 Å². The zero-order chi connectivity index (χ0) is 24.4. The van der Waals surface area contributed by atoms with Crippen molar-refractivity contribution in [3.8, 4) is 0 Å². The first-order valence-electron chi connectivity index (χ1n) is 11.0. The molecule has 1 heterocycles. The van der Waals surface area contributed by atoms with Gasteiger partial charge in [-0.15, -0.1) is 0 Å². The van der Waals surface area contributed by atoms with Gasteiger partial charge in [-0.2, -0.15) is 0 Å². The first-order chi connectivity index (χ1) is 16.2. The monoisotopic (exact) mass is 472 g/mol. The first-order valence-corrected chi connectivity index (χ1v) is 11.0. The van der Waals surface area contributed by atoms with Crippen LogP contribution in [0.1, 0.15) is 35.1 Å². The number of hydrogen-bond donors (Lipinski definition) is 2. The van der Waals surface area contributed by atoms with Gasteiger partial charge < -0.3 is 15.3 Å². The molecule has 3 aromatic rings. The van der Waals surface area contributed by atoms with Gasteiger partial charge in [0.2, 0.25) is 0 Å². The third kappa shape index (κ3) is 4.85. The number of nitrogens with zero attached hydrogens (tertiary/aromatic N) is 1. The van der Waals surface area contributed by atoms with Crippen molar-refractivity contribution in [1.29, 1.82) is 0 Å². The summed E-state index contributed by atoms with van der Waals surface area (Å²) >= 11 is 0. The van der Waals surface area contributed by atoms with Crippen molar-refractivity contribution in [1.82, 2.24) is 0 Å². The number of anilines is 3. The topological polar surface area (TPSA) is 52.6 Å². The van der Waals surface area contributed by atoms with Crippen LogP contribution in [0.4, 0.5) is 34.6 Å². The summed E-state index contributed by atoms with van der Waals surface area (Å²) in [6.07, 6.45) is 1.58. The number of halogens is 4. The Morgan fingerprint density at radius 1 is 1.00 bits per heavy atom. The number of rotatable bonds is 7. The van der Waals surface area contributed by atoms with E-state index in [0.717, 1.165) is 47.4 Å². The summed E-state index contributed by atoms with van der Waals surface area (Å²) in [5.41, 5.74) is 4.85. The molecule has 34 heavy (non-hydrogen) atoms. The third-order valence-corrected chi connectivity index (χ3v) is 6.15. The van der Waals surface area contributed by atoms with Gasteiger partial charge in [0.15, 0.2) is 17.5 Å². The molecule has 4 nitrogen and oxygen atoms in total. The van der Waals surface area contributed by atoms with Crippen LogP contribution >= 0.6 is 0 Å². The maximum Gasteiger partial charge on any atom is 0.303 e. The van der Waals surface area contributed by atoms with Crippen molar-refractivity contribution >= 4 is 23.0 Å². The fraction of sp³-hybridized carbons (Fsp3) is 0.269. The summed E-state index contributed by atoms with van der Waals surface area (Å²) in [4.78, 5) is 12.5. The van der Waals surface area contributed by atoms with Crippen LogP contribution in [0.2, 0.25) is 0 Å². The molecule has 0 saturated heterocycles. The van der Waals surface area contributed by atoms with Crippen molar-refractivity contribution in [2.75, 3.05) is 16.8 Å². The lowest BCUT2D eigenvalue weighted by Gasteiger charge is -2.34. The Kier molecular flexibility index (Phi) is 6.77. The predicted molar refractivity (Wildman–Crippen MR) is 123 cm³/mol. The normalized spacial score (nSPS) is 13.0. The highest BCUT2D eigenvalue weighted by Gasteiger charge is 2.24. The van der Waals surface area contributed by atoms with E-state index in [-0.39, 0.29) is 18.5 Å². The molecule has 178 valence electrons. The highest BCUT2D eigenvalue weighted by atomic mass is 19.2. The number of carbonyl (C=O) groups is 1. The summed E-state index contributed by atoms with van der Waals surface area (Å²) in [6, 6.07) is 10.6. The standard InChI is InChI=1S/C26H24F4N2O2/c1-15-18(14-31-19-8-6-16(21(27)11-19)7-9-24(33)34)5-4-17-3-2-10-32(26(15)17)20-12-22(28)25(30)23(29)13-20/h4-6,8,11-13,31H,2-3,7,9-10,14H2,1H3,(H,33,34). The Balaban J connectivity index is 1.57. The molecule has 0 atom stereocenters. The van der Waals surface area contributed by atoms with Crippen molar-refractivity contribution < 1.29 is 27.5 Å². The van der Waals surface area contributed by atoms with Gasteiger partial charge in [0.1, 0.15) is 5.82 Å².